The van der Waals surface area contributed by atoms with E-state index in [1.165, 1.54) is 0 Å². The summed E-state index contributed by atoms with van der Waals surface area (Å²) in [6.07, 6.45) is 6.43. The summed E-state index contributed by atoms with van der Waals surface area (Å²) in [7, 11) is 0. The highest BCUT2D eigenvalue weighted by atomic mass is 16.2. The van der Waals surface area contributed by atoms with Crippen molar-refractivity contribution in [2.24, 2.45) is 0 Å². The number of piperazine rings is 1. The summed E-state index contributed by atoms with van der Waals surface area (Å²) in [5.41, 5.74) is 0.653. The largest absolute Gasteiger partial charge is 0.368 e. The smallest absolute Gasteiger partial charge is 0.255 e. The van der Waals surface area contributed by atoms with Gasteiger partial charge in [-0.25, -0.2) is 4.98 Å². The molecule has 7 heteroatoms. The topological polar surface area (TPSA) is 66.3 Å². The van der Waals surface area contributed by atoms with Gasteiger partial charge in [0.2, 0.25) is 0 Å². The van der Waals surface area contributed by atoms with Crippen LogP contribution in [-0.4, -0.2) is 68.7 Å². The van der Waals surface area contributed by atoms with Crippen molar-refractivity contribution < 1.29 is 4.79 Å². The maximum atomic E-state index is 12.9. The molecule has 1 atom stereocenters. The first-order chi connectivity index (χ1) is 13.1. The Morgan fingerprint density at radius 1 is 1.33 bits per heavy atom. The fourth-order valence-corrected chi connectivity index (χ4v) is 3.64. The van der Waals surface area contributed by atoms with Crippen molar-refractivity contribution in [1.82, 2.24) is 24.6 Å². The SMILES string of the molecule is CCC1CN(C(=O)c2ccc(NCCn3cccn3)nc2)CCN1C(C)C. The molecule has 3 rings (SSSR count). The van der Waals surface area contributed by atoms with Crippen LogP contribution in [0.4, 0.5) is 5.82 Å². The zero-order valence-corrected chi connectivity index (χ0v) is 16.5. The van der Waals surface area contributed by atoms with E-state index in [-0.39, 0.29) is 5.91 Å². The fraction of sp³-hybridized carbons (Fsp3) is 0.550. The van der Waals surface area contributed by atoms with Gasteiger partial charge in [0.15, 0.2) is 0 Å². The number of anilines is 1. The third kappa shape index (κ3) is 4.86. The van der Waals surface area contributed by atoms with Gasteiger partial charge in [0.1, 0.15) is 5.82 Å². The molecular formula is C20H30N6O. The molecule has 1 aliphatic rings. The maximum Gasteiger partial charge on any atom is 0.255 e. The molecular weight excluding hydrogens is 340 g/mol. The lowest BCUT2D eigenvalue weighted by molar-refractivity contribution is 0.0371. The van der Waals surface area contributed by atoms with Crippen LogP contribution in [0.25, 0.3) is 0 Å². The minimum atomic E-state index is 0.0763. The quantitative estimate of drug-likeness (QED) is 0.810. The number of nitrogens with one attached hydrogen (secondary N) is 1. The van der Waals surface area contributed by atoms with Gasteiger partial charge in [-0.05, 0) is 38.5 Å². The molecule has 1 unspecified atom stereocenters. The second-order valence-electron chi connectivity index (χ2n) is 7.27. The van der Waals surface area contributed by atoms with Gasteiger partial charge in [0.25, 0.3) is 5.91 Å². The van der Waals surface area contributed by atoms with E-state index in [0.717, 1.165) is 45.0 Å². The molecule has 0 aliphatic carbocycles. The molecule has 0 saturated carbocycles. The number of nitrogens with zero attached hydrogens (tertiary/aromatic N) is 5. The Balaban J connectivity index is 1.54. The second-order valence-corrected chi connectivity index (χ2v) is 7.27. The van der Waals surface area contributed by atoms with Crippen LogP contribution < -0.4 is 5.32 Å². The van der Waals surface area contributed by atoms with Crippen LogP contribution >= 0.6 is 0 Å². The highest BCUT2D eigenvalue weighted by Crippen LogP contribution is 2.18. The zero-order valence-electron chi connectivity index (χ0n) is 16.5. The van der Waals surface area contributed by atoms with E-state index in [0.29, 0.717) is 17.6 Å². The summed E-state index contributed by atoms with van der Waals surface area (Å²) in [4.78, 5) is 21.7. The number of pyridine rings is 1. The predicted molar refractivity (Wildman–Crippen MR) is 107 cm³/mol. The van der Waals surface area contributed by atoms with Gasteiger partial charge in [-0.1, -0.05) is 6.92 Å². The molecule has 3 heterocycles. The van der Waals surface area contributed by atoms with Crippen molar-refractivity contribution in [3.63, 3.8) is 0 Å². The summed E-state index contributed by atoms with van der Waals surface area (Å²) in [5, 5.41) is 7.43. The minimum absolute atomic E-state index is 0.0763. The number of hydrogen-bond acceptors (Lipinski definition) is 5. The van der Waals surface area contributed by atoms with Crippen molar-refractivity contribution in [3.8, 4) is 0 Å². The van der Waals surface area contributed by atoms with Gasteiger partial charge < -0.3 is 10.2 Å². The number of carbonyl (C=O) groups is 1. The normalized spacial score (nSPS) is 18.1. The van der Waals surface area contributed by atoms with Gasteiger partial charge in [-0.2, -0.15) is 5.10 Å². The molecule has 146 valence electrons. The Morgan fingerprint density at radius 3 is 2.81 bits per heavy atom. The molecule has 0 radical (unpaired) electrons. The Kier molecular flexibility index (Phi) is 6.45. The van der Waals surface area contributed by atoms with Crippen LogP contribution in [0.15, 0.2) is 36.8 Å². The van der Waals surface area contributed by atoms with Crippen LogP contribution in [0.5, 0.6) is 0 Å². The number of hydrogen-bond donors (Lipinski definition) is 1. The van der Waals surface area contributed by atoms with Crippen LogP contribution in [-0.2, 0) is 6.54 Å². The highest BCUT2D eigenvalue weighted by molar-refractivity contribution is 5.94. The van der Waals surface area contributed by atoms with E-state index < -0.39 is 0 Å². The molecule has 1 saturated heterocycles. The first-order valence-corrected chi connectivity index (χ1v) is 9.81. The lowest BCUT2D eigenvalue weighted by Gasteiger charge is -2.43. The molecule has 0 bridgehead atoms. The molecule has 0 spiro atoms. The van der Waals surface area contributed by atoms with E-state index in [2.05, 4.69) is 41.1 Å². The monoisotopic (exact) mass is 370 g/mol. The van der Waals surface area contributed by atoms with E-state index in [9.17, 15) is 4.79 Å². The number of rotatable bonds is 7. The van der Waals surface area contributed by atoms with Gasteiger partial charge in [0, 0.05) is 56.9 Å². The first kappa shape index (κ1) is 19.4. The molecule has 2 aromatic rings. The van der Waals surface area contributed by atoms with Gasteiger partial charge in [-0.15, -0.1) is 0 Å². The van der Waals surface area contributed by atoms with Crippen molar-refractivity contribution in [2.45, 2.75) is 45.8 Å². The molecule has 0 aromatic carbocycles. The fourth-order valence-electron chi connectivity index (χ4n) is 3.64. The maximum absolute atomic E-state index is 12.9. The molecule has 27 heavy (non-hydrogen) atoms. The average molecular weight is 371 g/mol. The summed E-state index contributed by atoms with van der Waals surface area (Å²) in [6, 6.07) is 6.59. The van der Waals surface area contributed by atoms with Crippen molar-refractivity contribution in [1.29, 1.82) is 0 Å². The van der Waals surface area contributed by atoms with Gasteiger partial charge >= 0.3 is 0 Å². The van der Waals surface area contributed by atoms with Crippen LogP contribution in [0.2, 0.25) is 0 Å². The summed E-state index contributed by atoms with van der Waals surface area (Å²) >= 11 is 0. The standard InChI is InChI=1S/C20H30N6O/c1-4-18-15-24(12-13-26(18)16(2)3)20(27)17-6-7-19(22-14-17)21-9-11-25-10-5-8-23-25/h5-8,10,14,16,18H,4,9,11-13,15H2,1-3H3,(H,21,22). The Labute approximate surface area is 161 Å². The molecule has 7 nitrogen and oxygen atoms in total. The molecule has 1 N–H and O–H groups in total. The zero-order chi connectivity index (χ0) is 19.2. The summed E-state index contributed by atoms with van der Waals surface area (Å²) in [6.45, 7) is 10.6. The second kappa shape index (κ2) is 8.99. The summed E-state index contributed by atoms with van der Waals surface area (Å²) < 4.78 is 1.87. The number of amides is 1. The van der Waals surface area contributed by atoms with Crippen LogP contribution in [0.3, 0.4) is 0 Å². The number of carbonyl (C=O) groups excluding carboxylic acids is 1. The van der Waals surface area contributed by atoms with Crippen molar-refractivity contribution in [3.05, 3.63) is 42.4 Å². The van der Waals surface area contributed by atoms with Crippen LogP contribution in [0.1, 0.15) is 37.6 Å². The Bertz CT molecular complexity index is 713. The van der Waals surface area contributed by atoms with Crippen LogP contribution in [0, 0.1) is 0 Å². The van der Waals surface area contributed by atoms with E-state index in [4.69, 9.17) is 0 Å². The Hall–Kier alpha value is -2.41. The summed E-state index contributed by atoms with van der Waals surface area (Å²) in [5.74, 6) is 0.849. The predicted octanol–water partition coefficient (Wildman–Crippen LogP) is 2.33. The third-order valence-electron chi connectivity index (χ3n) is 5.17. The molecule has 2 aromatic heterocycles. The number of aromatic nitrogens is 3. The third-order valence-corrected chi connectivity index (χ3v) is 5.17. The molecule has 1 aliphatic heterocycles. The van der Waals surface area contributed by atoms with E-state index in [1.807, 2.05) is 34.0 Å². The van der Waals surface area contributed by atoms with Crippen molar-refractivity contribution in [2.75, 3.05) is 31.5 Å². The van der Waals surface area contributed by atoms with Crippen molar-refractivity contribution >= 4 is 11.7 Å². The van der Waals surface area contributed by atoms with Gasteiger partial charge in [0.05, 0.1) is 12.1 Å². The highest BCUT2D eigenvalue weighted by Gasteiger charge is 2.30. The molecule has 1 amide bonds. The lowest BCUT2D eigenvalue weighted by atomic mass is 10.1. The minimum Gasteiger partial charge on any atom is -0.368 e. The average Bonchev–Trinajstić information content (AvgIpc) is 3.21. The molecule has 1 fully saturated rings. The van der Waals surface area contributed by atoms with E-state index >= 15 is 0 Å². The van der Waals surface area contributed by atoms with E-state index in [1.54, 1.807) is 12.4 Å². The first-order valence-electron chi connectivity index (χ1n) is 9.81. The van der Waals surface area contributed by atoms with Gasteiger partial charge in [-0.3, -0.25) is 14.4 Å². The lowest BCUT2D eigenvalue weighted by Crippen LogP contribution is -2.56. The Morgan fingerprint density at radius 2 is 2.19 bits per heavy atom.